The molecule has 1 aliphatic carbocycles. The first kappa shape index (κ1) is 12.0. The lowest BCUT2D eigenvalue weighted by Crippen LogP contribution is -2.26. The van der Waals surface area contributed by atoms with Crippen molar-refractivity contribution in [3.05, 3.63) is 0 Å². The molecule has 1 fully saturated rings. The van der Waals surface area contributed by atoms with Crippen LogP contribution in [0, 0.1) is 5.92 Å². The van der Waals surface area contributed by atoms with Gasteiger partial charge in [-0.1, -0.05) is 13.8 Å². The molecule has 0 saturated heterocycles. The molecule has 0 aromatic rings. The van der Waals surface area contributed by atoms with Crippen molar-refractivity contribution in [1.82, 2.24) is 5.32 Å². The third-order valence-corrected chi connectivity index (χ3v) is 2.46. The zero-order valence-electron chi connectivity index (χ0n) is 9.46. The molecule has 1 aliphatic rings. The maximum Gasteiger partial charge on any atom is 0.0967 e. The lowest BCUT2D eigenvalue weighted by molar-refractivity contribution is 0.108. The Labute approximate surface area is 87.4 Å². The molecule has 0 bridgehead atoms. The minimum absolute atomic E-state index is 0.302. The maximum atomic E-state index is 5.93. The molecule has 0 spiro atoms. The van der Waals surface area contributed by atoms with Gasteiger partial charge < -0.3 is 10.5 Å². The molecule has 3 nitrogen and oxygen atoms in total. The largest absolute Gasteiger partial charge is 0.366 e. The van der Waals surface area contributed by atoms with Gasteiger partial charge in [0.1, 0.15) is 0 Å². The summed E-state index contributed by atoms with van der Waals surface area (Å²) in [6.07, 6.45) is 4.70. The number of hydrogen-bond acceptors (Lipinski definition) is 3. The zero-order chi connectivity index (χ0) is 10.4. The lowest BCUT2D eigenvalue weighted by Gasteiger charge is -2.13. The molecule has 0 aromatic heterocycles. The Bertz CT molecular complexity index is 146. The highest BCUT2D eigenvalue weighted by atomic mass is 16.5. The topological polar surface area (TPSA) is 47.3 Å². The quantitative estimate of drug-likeness (QED) is 0.461. The molecule has 0 aliphatic heterocycles. The molecule has 3 N–H and O–H groups in total. The van der Waals surface area contributed by atoms with Crippen LogP contribution in [0.1, 0.15) is 39.5 Å². The van der Waals surface area contributed by atoms with Crippen molar-refractivity contribution >= 4 is 0 Å². The van der Waals surface area contributed by atoms with E-state index in [1.807, 2.05) is 0 Å². The van der Waals surface area contributed by atoms with Crippen LogP contribution < -0.4 is 11.1 Å². The fourth-order valence-electron chi connectivity index (χ4n) is 1.49. The van der Waals surface area contributed by atoms with E-state index in [0.29, 0.717) is 18.7 Å². The van der Waals surface area contributed by atoms with E-state index in [-0.39, 0.29) is 0 Å². The van der Waals surface area contributed by atoms with Gasteiger partial charge in [-0.15, -0.1) is 0 Å². The highest BCUT2D eigenvalue weighted by Crippen LogP contribution is 2.18. The normalized spacial score (nSPS) is 18.9. The third kappa shape index (κ3) is 6.35. The fraction of sp³-hybridized carbons (Fsp3) is 1.00. The predicted octanol–water partition coefficient (Wildman–Crippen LogP) is 1.48. The predicted molar refractivity (Wildman–Crippen MR) is 59.0 cm³/mol. The van der Waals surface area contributed by atoms with Gasteiger partial charge in [-0.2, -0.15) is 0 Å². The molecule has 14 heavy (non-hydrogen) atoms. The monoisotopic (exact) mass is 200 g/mol. The molecule has 0 radical (unpaired) electrons. The van der Waals surface area contributed by atoms with Gasteiger partial charge in [-0.05, 0) is 31.6 Å². The van der Waals surface area contributed by atoms with Crippen molar-refractivity contribution in [2.24, 2.45) is 11.7 Å². The number of nitrogens with one attached hydrogen (secondary N) is 1. The lowest BCUT2D eigenvalue weighted by atomic mass is 10.0. The molecule has 0 heterocycles. The summed E-state index contributed by atoms with van der Waals surface area (Å²) in [6, 6.07) is 1.04. The molecule has 0 aromatic carbocycles. The van der Waals surface area contributed by atoms with Crippen molar-refractivity contribution < 1.29 is 4.74 Å². The van der Waals surface area contributed by atoms with Gasteiger partial charge in [0.15, 0.2) is 0 Å². The van der Waals surface area contributed by atoms with Crippen LogP contribution in [0.5, 0.6) is 0 Å². The van der Waals surface area contributed by atoms with Gasteiger partial charge in [0.2, 0.25) is 0 Å². The summed E-state index contributed by atoms with van der Waals surface area (Å²) >= 11 is 0. The van der Waals surface area contributed by atoms with Gasteiger partial charge in [-0.25, -0.2) is 0 Å². The van der Waals surface area contributed by atoms with Crippen LogP contribution >= 0.6 is 0 Å². The van der Waals surface area contributed by atoms with Crippen molar-refractivity contribution in [1.29, 1.82) is 0 Å². The van der Waals surface area contributed by atoms with Crippen LogP contribution in [0.3, 0.4) is 0 Å². The van der Waals surface area contributed by atoms with Crippen LogP contribution in [0.4, 0.5) is 0 Å². The second-order valence-corrected chi connectivity index (χ2v) is 4.71. The minimum atomic E-state index is 0.302. The van der Waals surface area contributed by atoms with E-state index in [1.54, 1.807) is 0 Å². The van der Waals surface area contributed by atoms with Gasteiger partial charge in [0.25, 0.3) is 0 Å². The highest BCUT2D eigenvalue weighted by molar-refractivity contribution is 4.79. The Balaban J connectivity index is 1.81. The van der Waals surface area contributed by atoms with E-state index in [4.69, 9.17) is 10.5 Å². The van der Waals surface area contributed by atoms with Gasteiger partial charge in [0.05, 0.1) is 6.73 Å². The molecular formula is C11H24N2O. The Kier molecular flexibility index (Phi) is 5.45. The first-order chi connectivity index (χ1) is 6.68. The molecule has 84 valence electrons. The smallest absolute Gasteiger partial charge is 0.0967 e. The van der Waals surface area contributed by atoms with Crippen LogP contribution in [0.15, 0.2) is 0 Å². The number of rotatable bonds is 8. The van der Waals surface area contributed by atoms with Crippen molar-refractivity contribution in [2.75, 3.05) is 13.3 Å². The van der Waals surface area contributed by atoms with Crippen molar-refractivity contribution in [3.8, 4) is 0 Å². The molecule has 1 unspecified atom stereocenters. The molecule has 3 heteroatoms. The molecule has 1 saturated carbocycles. The Morgan fingerprint density at radius 2 is 2.14 bits per heavy atom. The van der Waals surface area contributed by atoms with Crippen LogP contribution in [-0.4, -0.2) is 25.4 Å². The minimum Gasteiger partial charge on any atom is -0.366 e. The molecular weight excluding hydrogens is 176 g/mol. The first-order valence-electron chi connectivity index (χ1n) is 5.75. The van der Waals surface area contributed by atoms with Crippen molar-refractivity contribution in [2.45, 2.75) is 51.6 Å². The summed E-state index contributed by atoms with van der Waals surface area (Å²) in [4.78, 5) is 0. The van der Waals surface area contributed by atoms with Gasteiger partial charge in [-0.3, -0.25) is 5.32 Å². The molecule has 1 rings (SSSR count). The van der Waals surface area contributed by atoms with Gasteiger partial charge >= 0.3 is 0 Å². The summed E-state index contributed by atoms with van der Waals surface area (Å²) in [6.45, 7) is 5.89. The van der Waals surface area contributed by atoms with E-state index in [1.165, 1.54) is 12.8 Å². The van der Waals surface area contributed by atoms with E-state index in [2.05, 4.69) is 19.2 Å². The zero-order valence-corrected chi connectivity index (χ0v) is 9.46. The van der Waals surface area contributed by atoms with Gasteiger partial charge in [0, 0.05) is 18.7 Å². The third-order valence-electron chi connectivity index (χ3n) is 2.46. The molecule has 1 atom stereocenters. The maximum absolute atomic E-state index is 5.93. The van der Waals surface area contributed by atoms with E-state index in [0.717, 1.165) is 25.5 Å². The summed E-state index contributed by atoms with van der Waals surface area (Å²) in [5.41, 5.74) is 5.93. The Morgan fingerprint density at radius 1 is 1.43 bits per heavy atom. The second-order valence-electron chi connectivity index (χ2n) is 4.71. The Morgan fingerprint density at radius 3 is 2.71 bits per heavy atom. The van der Waals surface area contributed by atoms with E-state index < -0.39 is 0 Å². The summed E-state index contributed by atoms with van der Waals surface area (Å²) < 4.78 is 5.45. The first-order valence-corrected chi connectivity index (χ1v) is 5.75. The summed E-state index contributed by atoms with van der Waals surface area (Å²) in [5.74, 6) is 0.689. The van der Waals surface area contributed by atoms with Crippen LogP contribution in [0.25, 0.3) is 0 Å². The van der Waals surface area contributed by atoms with Crippen molar-refractivity contribution in [3.63, 3.8) is 0 Å². The second kappa shape index (κ2) is 6.38. The summed E-state index contributed by atoms with van der Waals surface area (Å²) in [7, 11) is 0. The average molecular weight is 200 g/mol. The average Bonchev–Trinajstić information content (AvgIpc) is 2.86. The number of hydrogen-bond donors (Lipinski definition) is 2. The summed E-state index contributed by atoms with van der Waals surface area (Å²) in [5, 5.41) is 3.31. The van der Waals surface area contributed by atoms with E-state index >= 15 is 0 Å². The van der Waals surface area contributed by atoms with Crippen LogP contribution in [-0.2, 0) is 4.74 Å². The number of ether oxygens (including phenoxy) is 1. The fourth-order valence-corrected chi connectivity index (χ4v) is 1.49. The van der Waals surface area contributed by atoms with Crippen LogP contribution in [0.2, 0.25) is 0 Å². The SMILES string of the molecule is CC(C)CC(N)CCOCNC1CC1. The van der Waals surface area contributed by atoms with E-state index in [9.17, 15) is 0 Å². The standard InChI is InChI=1S/C11H24N2O/c1-9(2)7-10(12)5-6-14-8-13-11-3-4-11/h9-11,13H,3-8,12H2,1-2H3. The highest BCUT2D eigenvalue weighted by Gasteiger charge is 2.19. The molecule has 0 amide bonds. The Hall–Kier alpha value is -0.120. The number of nitrogens with two attached hydrogens (primary N) is 1.